The van der Waals surface area contributed by atoms with E-state index >= 15 is 0 Å². The number of rotatable bonds is 1. The maximum atomic E-state index is 10.3. The third-order valence-corrected chi connectivity index (χ3v) is 1.27. The summed E-state index contributed by atoms with van der Waals surface area (Å²) in [6, 6.07) is 2.85. The molecular weight excluding hydrogens is 182 g/mol. The number of nitrogens with zero attached hydrogens (tertiary/aromatic N) is 1. The van der Waals surface area contributed by atoms with Crippen LogP contribution in [-0.4, -0.2) is 11.1 Å². The molecule has 0 atom stereocenters. The first-order valence-electron chi connectivity index (χ1n) is 2.99. The van der Waals surface area contributed by atoms with Crippen LogP contribution >= 0.6 is 11.6 Å². The van der Waals surface area contributed by atoms with Crippen LogP contribution in [0.2, 0.25) is 5.15 Å². The van der Waals surface area contributed by atoms with Crippen LogP contribution in [0.3, 0.4) is 0 Å². The maximum absolute atomic E-state index is 10.3. The Morgan fingerprint density at radius 3 is 2.75 bits per heavy atom. The summed E-state index contributed by atoms with van der Waals surface area (Å²) in [5.74, 6) is 0.133. The van der Waals surface area contributed by atoms with Crippen LogP contribution in [0.5, 0.6) is 5.75 Å². The minimum absolute atomic E-state index is 0.0290. The molecule has 0 bridgehead atoms. The van der Waals surface area contributed by atoms with Crippen LogP contribution in [0.25, 0.3) is 0 Å². The summed E-state index contributed by atoms with van der Waals surface area (Å²) in [5, 5.41) is 0.226. The van der Waals surface area contributed by atoms with E-state index in [1.165, 1.54) is 12.1 Å². The van der Waals surface area contributed by atoms with Crippen molar-refractivity contribution in [2.45, 2.75) is 0 Å². The van der Waals surface area contributed by atoms with Gasteiger partial charge in [-0.1, -0.05) is 11.6 Å². The number of carbonyl (C=O) groups excluding carboxylic acids is 1. The van der Waals surface area contributed by atoms with E-state index < -0.39 is 6.09 Å². The molecule has 0 aliphatic rings. The van der Waals surface area contributed by atoms with Crippen molar-refractivity contribution in [3.05, 3.63) is 17.3 Å². The molecule has 1 aromatic heterocycles. The lowest BCUT2D eigenvalue weighted by atomic mass is 10.4. The first-order valence-corrected chi connectivity index (χ1v) is 3.36. The predicted octanol–water partition coefficient (Wildman–Crippen LogP) is 0.775. The number of hydrogen-bond acceptors (Lipinski definition) is 4. The first kappa shape index (κ1) is 8.61. The standard InChI is InChI=1S/C6H6ClN3O2/c7-4-2-1-3(5(8)10-4)12-6(9)11/h1-2H,(H2,8,10)(H2,9,11). The fourth-order valence-corrected chi connectivity index (χ4v) is 0.786. The van der Waals surface area contributed by atoms with E-state index in [-0.39, 0.29) is 16.7 Å². The van der Waals surface area contributed by atoms with Crippen LogP contribution in [-0.2, 0) is 0 Å². The molecule has 1 rings (SSSR count). The lowest BCUT2D eigenvalue weighted by Gasteiger charge is -2.02. The number of hydrogen-bond donors (Lipinski definition) is 2. The van der Waals surface area contributed by atoms with E-state index in [0.29, 0.717) is 0 Å². The molecule has 0 saturated heterocycles. The van der Waals surface area contributed by atoms with Crippen molar-refractivity contribution in [3.8, 4) is 5.75 Å². The zero-order valence-electron chi connectivity index (χ0n) is 5.95. The largest absolute Gasteiger partial charge is 0.410 e. The highest BCUT2D eigenvalue weighted by atomic mass is 35.5. The maximum Gasteiger partial charge on any atom is 0.410 e. The molecule has 5 nitrogen and oxygen atoms in total. The molecule has 0 radical (unpaired) electrons. The second kappa shape index (κ2) is 3.27. The Morgan fingerprint density at radius 2 is 2.25 bits per heavy atom. The second-order valence-electron chi connectivity index (χ2n) is 1.94. The zero-order chi connectivity index (χ0) is 9.14. The molecule has 0 unspecified atom stereocenters. The summed E-state index contributed by atoms with van der Waals surface area (Å²) in [7, 11) is 0. The minimum Gasteiger partial charge on any atom is -0.407 e. The van der Waals surface area contributed by atoms with Crippen molar-refractivity contribution in [1.29, 1.82) is 0 Å². The summed E-state index contributed by atoms with van der Waals surface area (Å²) in [6.07, 6.45) is -0.939. The minimum atomic E-state index is -0.939. The molecule has 0 saturated carbocycles. The molecule has 0 aliphatic carbocycles. The van der Waals surface area contributed by atoms with Crippen LogP contribution in [0, 0.1) is 0 Å². The molecule has 0 aliphatic heterocycles. The van der Waals surface area contributed by atoms with Gasteiger partial charge in [-0.15, -0.1) is 0 Å². The number of aromatic nitrogens is 1. The molecule has 0 aromatic carbocycles. The Hall–Kier alpha value is -1.49. The van der Waals surface area contributed by atoms with Gasteiger partial charge in [0.25, 0.3) is 0 Å². The summed E-state index contributed by atoms with van der Waals surface area (Å²) in [6.45, 7) is 0. The van der Waals surface area contributed by atoms with E-state index in [1.54, 1.807) is 0 Å². The number of carbonyl (C=O) groups is 1. The number of nitrogens with two attached hydrogens (primary N) is 2. The van der Waals surface area contributed by atoms with Gasteiger partial charge in [-0.25, -0.2) is 9.78 Å². The van der Waals surface area contributed by atoms with Crippen molar-refractivity contribution in [1.82, 2.24) is 4.98 Å². The molecule has 1 aromatic rings. The van der Waals surface area contributed by atoms with E-state index in [4.69, 9.17) is 23.1 Å². The monoisotopic (exact) mass is 187 g/mol. The van der Waals surface area contributed by atoms with E-state index in [1.807, 2.05) is 0 Å². The second-order valence-corrected chi connectivity index (χ2v) is 2.33. The Morgan fingerprint density at radius 1 is 1.58 bits per heavy atom. The smallest absolute Gasteiger partial charge is 0.407 e. The summed E-state index contributed by atoms with van der Waals surface area (Å²) in [5.41, 5.74) is 10.1. The number of amides is 1. The first-order chi connectivity index (χ1) is 5.59. The molecule has 1 heterocycles. The average Bonchev–Trinajstić information content (AvgIpc) is 1.94. The van der Waals surface area contributed by atoms with Gasteiger partial charge in [0, 0.05) is 0 Å². The van der Waals surface area contributed by atoms with Gasteiger partial charge in [0.1, 0.15) is 5.15 Å². The van der Waals surface area contributed by atoms with E-state index in [2.05, 4.69) is 9.72 Å². The van der Waals surface area contributed by atoms with Gasteiger partial charge in [0.05, 0.1) is 0 Å². The topological polar surface area (TPSA) is 91.2 Å². The quantitative estimate of drug-likeness (QED) is 0.636. The van der Waals surface area contributed by atoms with Gasteiger partial charge in [0.2, 0.25) is 0 Å². The Balaban J connectivity index is 2.93. The van der Waals surface area contributed by atoms with Crippen LogP contribution in [0.15, 0.2) is 12.1 Å². The number of anilines is 1. The summed E-state index contributed by atoms with van der Waals surface area (Å²) in [4.78, 5) is 13.9. The molecular formula is C6H6ClN3O2. The number of halogens is 1. The summed E-state index contributed by atoms with van der Waals surface area (Å²) >= 11 is 5.49. The molecule has 1 amide bonds. The van der Waals surface area contributed by atoms with Gasteiger partial charge >= 0.3 is 6.09 Å². The third kappa shape index (κ3) is 2.00. The van der Waals surface area contributed by atoms with Crippen molar-refractivity contribution >= 4 is 23.5 Å². The normalized spacial score (nSPS) is 9.42. The molecule has 0 fully saturated rings. The fraction of sp³-hybridized carbons (Fsp3) is 0. The van der Waals surface area contributed by atoms with Crippen molar-refractivity contribution in [2.24, 2.45) is 5.73 Å². The van der Waals surface area contributed by atoms with Gasteiger partial charge in [0.15, 0.2) is 11.6 Å². The molecule has 0 spiro atoms. The number of pyridine rings is 1. The Bertz CT molecular complexity index is 316. The van der Waals surface area contributed by atoms with Crippen molar-refractivity contribution < 1.29 is 9.53 Å². The van der Waals surface area contributed by atoms with E-state index in [0.717, 1.165) is 0 Å². The van der Waals surface area contributed by atoms with E-state index in [9.17, 15) is 4.79 Å². The highest BCUT2D eigenvalue weighted by Crippen LogP contribution is 2.20. The fourth-order valence-electron chi connectivity index (χ4n) is 0.632. The molecule has 12 heavy (non-hydrogen) atoms. The number of primary amides is 1. The Labute approximate surface area is 73.3 Å². The van der Waals surface area contributed by atoms with Crippen molar-refractivity contribution in [2.75, 3.05) is 5.73 Å². The molecule has 6 heteroatoms. The van der Waals surface area contributed by atoms with Gasteiger partial charge < -0.3 is 16.2 Å². The number of nitrogen functional groups attached to an aromatic ring is 1. The Kier molecular flexibility index (Phi) is 2.35. The van der Waals surface area contributed by atoms with Gasteiger partial charge in [-0.2, -0.15) is 0 Å². The van der Waals surface area contributed by atoms with Gasteiger partial charge in [-0.05, 0) is 12.1 Å². The van der Waals surface area contributed by atoms with Crippen LogP contribution in [0.4, 0.5) is 10.6 Å². The highest BCUT2D eigenvalue weighted by Gasteiger charge is 2.04. The van der Waals surface area contributed by atoms with Crippen LogP contribution < -0.4 is 16.2 Å². The molecule has 4 N–H and O–H groups in total. The zero-order valence-corrected chi connectivity index (χ0v) is 6.71. The van der Waals surface area contributed by atoms with Crippen LogP contribution in [0.1, 0.15) is 0 Å². The van der Waals surface area contributed by atoms with Gasteiger partial charge in [-0.3, -0.25) is 0 Å². The number of ether oxygens (including phenoxy) is 1. The SMILES string of the molecule is NC(=O)Oc1ccc(Cl)nc1N. The van der Waals surface area contributed by atoms with Crippen molar-refractivity contribution in [3.63, 3.8) is 0 Å². The average molecular weight is 188 g/mol. The lowest BCUT2D eigenvalue weighted by molar-refractivity contribution is 0.211. The highest BCUT2D eigenvalue weighted by molar-refractivity contribution is 6.29. The molecule has 64 valence electrons. The predicted molar refractivity (Wildman–Crippen MR) is 43.9 cm³/mol. The lowest BCUT2D eigenvalue weighted by Crippen LogP contribution is -2.17. The summed E-state index contributed by atoms with van der Waals surface area (Å²) < 4.78 is 4.49. The third-order valence-electron chi connectivity index (χ3n) is 1.06.